The third kappa shape index (κ3) is 3.09. The molecule has 0 aliphatic heterocycles. The van der Waals surface area contributed by atoms with E-state index in [9.17, 15) is 4.79 Å². The zero-order chi connectivity index (χ0) is 10.2. The Labute approximate surface area is 83.6 Å². The highest BCUT2D eigenvalue weighted by Crippen LogP contribution is 2.18. The minimum absolute atomic E-state index is 0.267. The van der Waals surface area contributed by atoms with Gasteiger partial charge in [0.15, 0.2) is 0 Å². The highest BCUT2D eigenvalue weighted by atomic mass is 16.5. The van der Waals surface area contributed by atoms with Crippen molar-refractivity contribution in [2.45, 2.75) is 20.0 Å². The predicted octanol–water partition coefficient (Wildman–Crippen LogP) is 2.15. The molecule has 0 radical (unpaired) electrons. The Bertz CT molecular complexity index is 284. The van der Waals surface area contributed by atoms with Gasteiger partial charge >= 0.3 is 0 Å². The molecule has 0 saturated carbocycles. The SMILES string of the molecule is CCCOc1ccccc1COC=O. The van der Waals surface area contributed by atoms with Gasteiger partial charge in [-0.3, -0.25) is 4.79 Å². The van der Waals surface area contributed by atoms with Crippen molar-refractivity contribution in [1.29, 1.82) is 0 Å². The number of benzene rings is 1. The maximum absolute atomic E-state index is 10.0. The van der Waals surface area contributed by atoms with Crippen LogP contribution in [0.5, 0.6) is 5.75 Å². The van der Waals surface area contributed by atoms with Crippen LogP contribution in [0.2, 0.25) is 0 Å². The van der Waals surface area contributed by atoms with Gasteiger partial charge in [-0.2, -0.15) is 0 Å². The third-order valence-electron chi connectivity index (χ3n) is 1.74. The molecule has 0 heterocycles. The van der Waals surface area contributed by atoms with Gasteiger partial charge in [-0.1, -0.05) is 25.1 Å². The molecule has 3 nitrogen and oxygen atoms in total. The average Bonchev–Trinajstić information content (AvgIpc) is 2.24. The lowest BCUT2D eigenvalue weighted by Gasteiger charge is -2.09. The molecule has 0 atom stereocenters. The largest absolute Gasteiger partial charge is 0.493 e. The van der Waals surface area contributed by atoms with Gasteiger partial charge in [0.1, 0.15) is 12.4 Å². The first-order valence-corrected chi connectivity index (χ1v) is 4.64. The number of hydrogen-bond donors (Lipinski definition) is 0. The summed E-state index contributed by atoms with van der Waals surface area (Å²) < 4.78 is 10.2. The molecule has 0 aliphatic carbocycles. The minimum Gasteiger partial charge on any atom is -0.493 e. The van der Waals surface area contributed by atoms with Gasteiger partial charge in [-0.15, -0.1) is 0 Å². The van der Waals surface area contributed by atoms with E-state index in [1.165, 1.54) is 0 Å². The quantitative estimate of drug-likeness (QED) is 0.651. The Morgan fingerprint density at radius 1 is 1.36 bits per heavy atom. The summed E-state index contributed by atoms with van der Waals surface area (Å²) >= 11 is 0. The van der Waals surface area contributed by atoms with Crippen LogP contribution in [0.3, 0.4) is 0 Å². The van der Waals surface area contributed by atoms with Crippen molar-refractivity contribution in [3.8, 4) is 5.75 Å². The molecule has 1 aromatic carbocycles. The van der Waals surface area contributed by atoms with E-state index in [0.29, 0.717) is 13.1 Å². The van der Waals surface area contributed by atoms with Crippen molar-refractivity contribution in [2.75, 3.05) is 6.61 Å². The minimum atomic E-state index is 0.267. The van der Waals surface area contributed by atoms with Gasteiger partial charge in [0.25, 0.3) is 6.47 Å². The number of carbonyl (C=O) groups excluding carboxylic acids is 1. The maximum atomic E-state index is 10.0. The summed E-state index contributed by atoms with van der Waals surface area (Å²) in [6.45, 7) is 3.43. The molecule has 0 fully saturated rings. The van der Waals surface area contributed by atoms with Gasteiger partial charge < -0.3 is 9.47 Å². The molecule has 0 N–H and O–H groups in total. The van der Waals surface area contributed by atoms with E-state index < -0.39 is 0 Å². The zero-order valence-electron chi connectivity index (χ0n) is 8.23. The summed E-state index contributed by atoms with van der Waals surface area (Å²) in [5.74, 6) is 0.788. The average molecular weight is 194 g/mol. The lowest BCUT2D eigenvalue weighted by atomic mass is 10.2. The fraction of sp³-hybridized carbons (Fsp3) is 0.364. The van der Waals surface area contributed by atoms with E-state index >= 15 is 0 Å². The lowest BCUT2D eigenvalue weighted by Crippen LogP contribution is -2.00. The van der Waals surface area contributed by atoms with Crippen LogP contribution in [0.4, 0.5) is 0 Å². The Morgan fingerprint density at radius 2 is 2.14 bits per heavy atom. The van der Waals surface area contributed by atoms with Gasteiger partial charge in [-0.05, 0) is 12.5 Å². The molecule has 0 amide bonds. The first-order valence-electron chi connectivity index (χ1n) is 4.64. The first kappa shape index (κ1) is 10.6. The van der Waals surface area contributed by atoms with Crippen molar-refractivity contribution in [1.82, 2.24) is 0 Å². The topological polar surface area (TPSA) is 35.5 Å². The molecule has 3 heteroatoms. The molecule has 0 saturated heterocycles. The van der Waals surface area contributed by atoms with E-state index in [1.807, 2.05) is 31.2 Å². The van der Waals surface area contributed by atoms with Crippen molar-refractivity contribution in [3.63, 3.8) is 0 Å². The van der Waals surface area contributed by atoms with Crippen molar-refractivity contribution in [3.05, 3.63) is 29.8 Å². The molecule has 14 heavy (non-hydrogen) atoms. The Hall–Kier alpha value is -1.51. The molecular formula is C11H14O3. The van der Waals surface area contributed by atoms with Crippen LogP contribution in [-0.2, 0) is 16.1 Å². The first-order chi connectivity index (χ1) is 6.88. The van der Waals surface area contributed by atoms with Gasteiger partial charge in [0, 0.05) is 5.56 Å². The third-order valence-corrected chi connectivity index (χ3v) is 1.74. The van der Waals surface area contributed by atoms with Crippen LogP contribution < -0.4 is 4.74 Å². The summed E-state index contributed by atoms with van der Waals surface area (Å²) in [4.78, 5) is 10.0. The standard InChI is InChI=1S/C11H14O3/c1-2-7-14-11-6-4-3-5-10(11)8-13-9-12/h3-6,9H,2,7-8H2,1H3. The Morgan fingerprint density at radius 3 is 2.86 bits per heavy atom. The van der Waals surface area contributed by atoms with Crippen LogP contribution in [0.15, 0.2) is 24.3 Å². The molecule has 0 aromatic heterocycles. The van der Waals surface area contributed by atoms with Crippen LogP contribution in [0.1, 0.15) is 18.9 Å². The predicted molar refractivity (Wildman–Crippen MR) is 53.1 cm³/mol. The monoisotopic (exact) mass is 194 g/mol. The number of ether oxygens (including phenoxy) is 2. The van der Waals surface area contributed by atoms with Crippen LogP contribution >= 0.6 is 0 Å². The van der Waals surface area contributed by atoms with E-state index in [0.717, 1.165) is 17.7 Å². The number of rotatable bonds is 6. The second-order valence-electron chi connectivity index (χ2n) is 2.86. The Balaban J connectivity index is 2.64. The fourth-order valence-electron chi connectivity index (χ4n) is 1.10. The van der Waals surface area contributed by atoms with Crippen LogP contribution in [0, 0.1) is 0 Å². The molecular weight excluding hydrogens is 180 g/mol. The normalized spacial score (nSPS) is 9.50. The molecule has 0 unspecified atom stereocenters. The van der Waals surface area contributed by atoms with E-state index in [2.05, 4.69) is 4.74 Å². The van der Waals surface area contributed by atoms with E-state index in [-0.39, 0.29) is 6.61 Å². The molecule has 1 rings (SSSR count). The fourth-order valence-corrected chi connectivity index (χ4v) is 1.10. The number of carbonyl (C=O) groups is 1. The zero-order valence-corrected chi connectivity index (χ0v) is 8.23. The van der Waals surface area contributed by atoms with Gasteiger partial charge in [0.2, 0.25) is 0 Å². The summed E-state index contributed by atoms with van der Waals surface area (Å²) in [6.07, 6.45) is 0.961. The van der Waals surface area contributed by atoms with E-state index in [4.69, 9.17) is 4.74 Å². The molecule has 0 spiro atoms. The second-order valence-corrected chi connectivity index (χ2v) is 2.86. The molecule has 0 aliphatic rings. The number of hydrogen-bond acceptors (Lipinski definition) is 3. The van der Waals surface area contributed by atoms with Crippen LogP contribution in [0.25, 0.3) is 0 Å². The lowest BCUT2D eigenvalue weighted by molar-refractivity contribution is -0.129. The molecule has 76 valence electrons. The van der Waals surface area contributed by atoms with Crippen molar-refractivity contribution >= 4 is 6.47 Å². The van der Waals surface area contributed by atoms with E-state index in [1.54, 1.807) is 0 Å². The van der Waals surface area contributed by atoms with Crippen molar-refractivity contribution < 1.29 is 14.3 Å². The number of para-hydroxylation sites is 1. The molecule has 1 aromatic rings. The maximum Gasteiger partial charge on any atom is 0.293 e. The van der Waals surface area contributed by atoms with Crippen molar-refractivity contribution in [2.24, 2.45) is 0 Å². The highest BCUT2D eigenvalue weighted by molar-refractivity contribution is 5.39. The summed E-state index contributed by atoms with van der Waals surface area (Å²) in [5.41, 5.74) is 0.896. The smallest absolute Gasteiger partial charge is 0.293 e. The second kappa shape index (κ2) is 6.02. The summed E-state index contributed by atoms with van der Waals surface area (Å²) in [7, 11) is 0. The summed E-state index contributed by atoms with van der Waals surface area (Å²) in [5, 5.41) is 0. The Kier molecular flexibility index (Phi) is 4.55. The van der Waals surface area contributed by atoms with Gasteiger partial charge in [0.05, 0.1) is 6.61 Å². The van der Waals surface area contributed by atoms with Crippen LogP contribution in [-0.4, -0.2) is 13.1 Å². The highest BCUT2D eigenvalue weighted by Gasteiger charge is 2.01. The summed E-state index contributed by atoms with van der Waals surface area (Å²) in [6, 6.07) is 7.55. The van der Waals surface area contributed by atoms with Gasteiger partial charge in [-0.25, -0.2) is 0 Å². The molecule has 0 bridgehead atoms.